The number of phosphoric acid groups is 1. The number of quaternary nitrogens is 1. The maximum Gasteiger partial charge on any atom is 0.472 e. The Labute approximate surface area is 258 Å². The van der Waals surface area contributed by atoms with Crippen molar-refractivity contribution in [2.24, 2.45) is 0 Å². The minimum absolute atomic E-state index is 0.0524. The van der Waals surface area contributed by atoms with Crippen LogP contribution in [0.3, 0.4) is 0 Å². The zero-order valence-corrected chi connectivity index (χ0v) is 29.3. The maximum atomic E-state index is 12.6. The molecule has 0 spiro atoms. The van der Waals surface area contributed by atoms with E-state index in [0.717, 1.165) is 32.1 Å². The number of carbonyl (C=O) groups is 1. The van der Waals surface area contributed by atoms with Gasteiger partial charge in [-0.2, -0.15) is 0 Å². The van der Waals surface area contributed by atoms with Crippen molar-refractivity contribution in [2.45, 2.75) is 148 Å². The third-order valence-corrected chi connectivity index (χ3v) is 9.23. The van der Waals surface area contributed by atoms with Gasteiger partial charge in [0.05, 0.1) is 39.6 Å². The molecule has 1 N–H and O–H groups in total. The van der Waals surface area contributed by atoms with E-state index in [4.69, 9.17) is 13.8 Å². The second-order valence-electron chi connectivity index (χ2n) is 12.6. The molecule has 41 heavy (non-hydrogen) atoms. The summed E-state index contributed by atoms with van der Waals surface area (Å²) in [5.74, 6) is 0. The SMILES string of the molecule is CCCCCCCCCCCCCCCCOC[C@@H](COP(=O)(O)OCC[N+](C)(C)C)SC(=O)CCCCCCC. The van der Waals surface area contributed by atoms with Gasteiger partial charge in [-0.05, 0) is 12.8 Å². The first kappa shape index (κ1) is 41.0. The largest absolute Gasteiger partial charge is 0.472 e. The van der Waals surface area contributed by atoms with E-state index < -0.39 is 7.82 Å². The first-order valence-electron chi connectivity index (χ1n) is 16.8. The van der Waals surface area contributed by atoms with Crippen LogP contribution in [0.1, 0.15) is 142 Å². The number of carbonyl (C=O) groups excluding carboxylic acids is 1. The summed E-state index contributed by atoms with van der Waals surface area (Å²) in [4.78, 5) is 22.7. The Morgan fingerprint density at radius 3 is 1.63 bits per heavy atom. The van der Waals surface area contributed by atoms with E-state index >= 15 is 0 Å². The van der Waals surface area contributed by atoms with Gasteiger partial charge in [-0.3, -0.25) is 13.8 Å². The molecule has 1 unspecified atom stereocenters. The van der Waals surface area contributed by atoms with Crippen LogP contribution < -0.4 is 0 Å². The number of likely N-dealkylation sites (N-methyl/N-ethyl adjacent to an activating group) is 1. The summed E-state index contributed by atoms with van der Waals surface area (Å²) in [5.41, 5.74) is 0. The predicted molar refractivity (Wildman–Crippen MR) is 176 cm³/mol. The highest BCUT2D eigenvalue weighted by molar-refractivity contribution is 8.14. The van der Waals surface area contributed by atoms with Gasteiger partial charge in [-0.15, -0.1) is 0 Å². The molecule has 246 valence electrons. The molecule has 0 radical (unpaired) electrons. The molecule has 0 aromatic rings. The van der Waals surface area contributed by atoms with Crippen LogP contribution in [0, 0.1) is 0 Å². The standard InChI is InChI=1S/C32H66NO6PS/c1-6-8-10-12-13-14-15-16-17-18-19-20-22-24-27-37-29-31(41-32(34)25-23-21-11-9-7-2)30-39-40(35,36)38-28-26-33(3,4)5/h31H,6-30H2,1-5H3/p+1/t31-/m0/s1. The topological polar surface area (TPSA) is 82.1 Å². The maximum absolute atomic E-state index is 12.6. The predicted octanol–water partition coefficient (Wildman–Crippen LogP) is 9.31. The zero-order chi connectivity index (χ0) is 30.7. The smallest absolute Gasteiger partial charge is 0.380 e. The number of unbranched alkanes of at least 4 members (excludes halogenated alkanes) is 17. The van der Waals surface area contributed by atoms with Gasteiger partial charge in [0, 0.05) is 13.0 Å². The van der Waals surface area contributed by atoms with Gasteiger partial charge < -0.3 is 14.1 Å². The highest BCUT2D eigenvalue weighted by Gasteiger charge is 2.26. The highest BCUT2D eigenvalue weighted by Crippen LogP contribution is 2.43. The summed E-state index contributed by atoms with van der Waals surface area (Å²) in [5, 5.41) is -0.235. The summed E-state index contributed by atoms with van der Waals surface area (Å²) < 4.78 is 29.3. The fourth-order valence-electron chi connectivity index (χ4n) is 4.49. The van der Waals surface area contributed by atoms with E-state index in [1.807, 2.05) is 21.1 Å². The zero-order valence-electron chi connectivity index (χ0n) is 27.5. The lowest BCUT2D eigenvalue weighted by Gasteiger charge is -2.24. The lowest BCUT2D eigenvalue weighted by molar-refractivity contribution is -0.870. The van der Waals surface area contributed by atoms with E-state index in [1.165, 1.54) is 102 Å². The molecule has 0 fully saturated rings. The number of rotatable bonds is 31. The molecule has 0 rings (SSSR count). The van der Waals surface area contributed by atoms with Gasteiger partial charge in [-0.1, -0.05) is 135 Å². The summed E-state index contributed by atoms with van der Waals surface area (Å²) in [6, 6.07) is 0. The lowest BCUT2D eigenvalue weighted by atomic mass is 10.0. The Balaban J connectivity index is 4.18. The van der Waals surface area contributed by atoms with E-state index in [1.54, 1.807) is 0 Å². The van der Waals surface area contributed by atoms with Crippen LogP contribution in [-0.2, 0) is 23.1 Å². The average Bonchev–Trinajstić information content (AvgIpc) is 2.90. The van der Waals surface area contributed by atoms with Crippen molar-refractivity contribution in [1.29, 1.82) is 0 Å². The van der Waals surface area contributed by atoms with E-state index in [0.29, 0.717) is 30.7 Å². The van der Waals surface area contributed by atoms with Crippen molar-refractivity contribution in [2.75, 3.05) is 54.1 Å². The summed E-state index contributed by atoms with van der Waals surface area (Å²) in [6.45, 7) is 6.07. The first-order chi connectivity index (χ1) is 19.6. The average molecular weight is 625 g/mol. The molecule has 0 aliphatic rings. The Hall–Kier alpha value is 0.0500. The second kappa shape index (κ2) is 27.6. The van der Waals surface area contributed by atoms with Crippen LogP contribution in [0.2, 0.25) is 0 Å². The highest BCUT2D eigenvalue weighted by atomic mass is 32.2. The number of thioether (sulfide) groups is 1. The van der Waals surface area contributed by atoms with Gasteiger partial charge in [0.15, 0.2) is 5.12 Å². The van der Waals surface area contributed by atoms with Gasteiger partial charge in [0.2, 0.25) is 0 Å². The van der Waals surface area contributed by atoms with Crippen molar-refractivity contribution >= 4 is 24.7 Å². The molecule has 0 bridgehead atoms. The number of nitrogens with zero attached hydrogens (tertiary/aromatic N) is 1. The van der Waals surface area contributed by atoms with Crippen LogP contribution >= 0.6 is 19.6 Å². The van der Waals surface area contributed by atoms with E-state index in [9.17, 15) is 14.3 Å². The molecule has 0 saturated heterocycles. The minimum Gasteiger partial charge on any atom is -0.380 e. The van der Waals surface area contributed by atoms with Crippen molar-refractivity contribution < 1.29 is 32.5 Å². The molecule has 0 saturated carbocycles. The van der Waals surface area contributed by atoms with Crippen molar-refractivity contribution in [3.8, 4) is 0 Å². The molecule has 9 heteroatoms. The Kier molecular flexibility index (Phi) is 27.6. The molecule has 0 aromatic carbocycles. The monoisotopic (exact) mass is 624 g/mol. The number of ether oxygens (including phenoxy) is 1. The molecule has 2 atom stereocenters. The Bertz CT molecular complexity index is 646. The Morgan fingerprint density at radius 1 is 0.683 bits per heavy atom. The summed E-state index contributed by atoms with van der Waals surface area (Å²) in [7, 11) is 1.79. The van der Waals surface area contributed by atoms with Crippen LogP contribution in [0.25, 0.3) is 0 Å². The molecule has 0 aliphatic carbocycles. The fraction of sp³-hybridized carbons (Fsp3) is 0.969. The second-order valence-corrected chi connectivity index (χ2v) is 15.4. The minimum atomic E-state index is -4.18. The van der Waals surface area contributed by atoms with E-state index in [-0.39, 0.29) is 23.6 Å². The van der Waals surface area contributed by atoms with Crippen LogP contribution in [0.5, 0.6) is 0 Å². The van der Waals surface area contributed by atoms with Gasteiger partial charge in [0.25, 0.3) is 0 Å². The number of hydrogen-bond donors (Lipinski definition) is 1. The summed E-state index contributed by atoms with van der Waals surface area (Å²) >= 11 is 1.19. The molecule has 0 aliphatic heterocycles. The molecular weight excluding hydrogens is 557 g/mol. The van der Waals surface area contributed by atoms with E-state index in [2.05, 4.69) is 13.8 Å². The van der Waals surface area contributed by atoms with Gasteiger partial charge >= 0.3 is 7.82 Å². The van der Waals surface area contributed by atoms with Crippen molar-refractivity contribution in [3.63, 3.8) is 0 Å². The number of hydrogen-bond acceptors (Lipinski definition) is 6. The molecule has 0 amide bonds. The quantitative estimate of drug-likeness (QED) is 0.0468. The molecule has 0 heterocycles. The van der Waals surface area contributed by atoms with Crippen LogP contribution in [-0.4, -0.2) is 73.9 Å². The van der Waals surface area contributed by atoms with Crippen molar-refractivity contribution in [3.05, 3.63) is 0 Å². The van der Waals surface area contributed by atoms with Crippen LogP contribution in [0.4, 0.5) is 0 Å². The van der Waals surface area contributed by atoms with Gasteiger partial charge in [0.1, 0.15) is 13.2 Å². The summed E-state index contributed by atoms with van der Waals surface area (Å²) in [6.07, 6.45) is 24.4. The molecular formula is C32H67NO6PS+. The Morgan fingerprint density at radius 2 is 1.15 bits per heavy atom. The fourth-order valence-corrected chi connectivity index (χ4v) is 6.28. The first-order valence-corrected chi connectivity index (χ1v) is 19.2. The van der Waals surface area contributed by atoms with Gasteiger partial charge in [-0.25, -0.2) is 4.57 Å². The normalized spacial score (nSPS) is 14.3. The van der Waals surface area contributed by atoms with Crippen molar-refractivity contribution in [1.82, 2.24) is 0 Å². The molecule has 0 aromatic heterocycles. The van der Waals surface area contributed by atoms with Crippen LogP contribution in [0.15, 0.2) is 0 Å². The lowest BCUT2D eigenvalue weighted by Crippen LogP contribution is -2.37. The third kappa shape index (κ3) is 31.3. The molecule has 7 nitrogen and oxygen atoms in total. The third-order valence-electron chi connectivity index (χ3n) is 7.17. The number of phosphoric ester groups is 1.